The predicted molar refractivity (Wildman–Crippen MR) is 57.9 cm³/mol. The maximum absolute atomic E-state index is 11.7. The van der Waals surface area contributed by atoms with E-state index in [0.29, 0.717) is 19.3 Å². The van der Waals surface area contributed by atoms with Crippen LogP contribution < -0.4 is 0 Å². The van der Waals surface area contributed by atoms with Crippen molar-refractivity contribution in [2.75, 3.05) is 13.2 Å². The van der Waals surface area contributed by atoms with E-state index in [1.165, 1.54) is 0 Å². The van der Waals surface area contributed by atoms with Crippen LogP contribution >= 0.6 is 0 Å². The first kappa shape index (κ1) is 13.0. The molecular formula is C11H19NO4. The van der Waals surface area contributed by atoms with Crippen molar-refractivity contribution in [2.24, 2.45) is 0 Å². The second kappa shape index (κ2) is 6.48. The van der Waals surface area contributed by atoms with Crippen LogP contribution in [0.2, 0.25) is 0 Å². The molecule has 0 spiro atoms. The highest BCUT2D eigenvalue weighted by Gasteiger charge is 2.27. The minimum absolute atomic E-state index is 0.0213. The number of carboxylic acid groups (broad SMARTS) is 1. The molecule has 0 saturated carbocycles. The van der Waals surface area contributed by atoms with Crippen molar-refractivity contribution in [3.63, 3.8) is 0 Å². The van der Waals surface area contributed by atoms with E-state index in [1.54, 1.807) is 4.90 Å². The number of nitrogens with zero attached hydrogens (tertiary/aromatic N) is 1. The van der Waals surface area contributed by atoms with Gasteiger partial charge in [-0.15, -0.1) is 0 Å². The molecule has 1 saturated heterocycles. The third kappa shape index (κ3) is 3.81. The van der Waals surface area contributed by atoms with Crippen molar-refractivity contribution in [1.29, 1.82) is 0 Å². The molecule has 0 radical (unpaired) electrons. The number of carbonyl (C=O) groups excluding carboxylic acids is 1. The molecule has 1 rings (SSSR count). The van der Waals surface area contributed by atoms with Crippen LogP contribution in [0, 0.1) is 0 Å². The topological polar surface area (TPSA) is 77.8 Å². The van der Waals surface area contributed by atoms with Gasteiger partial charge in [0, 0.05) is 19.4 Å². The second-order valence-electron chi connectivity index (χ2n) is 4.17. The molecule has 2 N–H and O–H groups in total. The quantitative estimate of drug-likeness (QED) is 0.654. The Balaban J connectivity index is 2.21. The second-order valence-corrected chi connectivity index (χ2v) is 4.17. The van der Waals surface area contributed by atoms with Crippen LogP contribution in [0.3, 0.4) is 0 Å². The number of aliphatic hydroxyl groups is 1. The van der Waals surface area contributed by atoms with E-state index in [-0.39, 0.29) is 25.0 Å². The van der Waals surface area contributed by atoms with Gasteiger partial charge in [-0.25, -0.2) is 0 Å². The summed E-state index contributed by atoms with van der Waals surface area (Å²) in [6.07, 6.45) is 3.49. The Hall–Kier alpha value is -1.10. The molecule has 1 heterocycles. The molecule has 0 bridgehead atoms. The lowest BCUT2D eigenvalue weighted by molar-refractivity contribution is -0.137. The number of likely N-dealkylation sites (tertiary alicyclic amines) is 1. The van der Waals surface area contributed by atoms with E-state index in [1.807, 2.05) is 0 Å². The number of hydrogen-bond acceptors (Lipinski definition) is 3. The van der Waals surface area contributed by atoms with Crippen molar-refractivity contribution in [2.45, 2.75) is 44.6 Å². The third-order valence-corrected chi connectivity index (χ3v) is 2.94. The van der Waals surface area contributed by atoms with Crippen LogP contribution in [-0.4, -0.2) is 46.2 Å². The van der Waals surface area contributed by atoms with Crippen LogP contribution in [0.15, 0.2) is 0 Å². The Bertz CT molecular complexity index is 254. The summed E-state index contributed by atoms with van der Waals surface area (Å²) in [7, 11) is 0. The Morgan fingerprint density at radius 2 is 1.94 bits per heavy atom. The molecule has 0 aromatic heterocycles. The average Bonchev–Trinajstić information content (AvgIpc) is 2.71. The Labute approximate surface area is 95.1 Å². The predicted octanol–water partition coefficient (Wildman–Crippen LogP) is 0.615. The molecule has 16 heavy (non-hydrogen) atoms. The van der Waals surface area contributed by atoms with Gasteiger partial charge < -0.3 is 15.1 Å². The molecule has 5 heteroatoms. The van der Waals surface area contributed by atoms with E-state index in [0.717, 1.165) is 19.4 Å². The summed E-state index contributed by atoms with van der Waals surface area (Å²) in [6.45, 7) is 0.754. The first-order valence-electron chi connectivity index (χ1n) is 5.77. The zero-order valence-electron chi connectivity index (χ0n) is 9.39. The van der Waals surface area contributed by atoms with Crippen molar-refractivity contribution in [3.05, 3.63) is 0 Å². The number of carbonyl (C=O) groups is 2. The largest absolute Gasteiger partial charge is 0.481 e. The normalized spacial score (nSPS) is 20.1. The maximum atomic E-state index is 11.7. The van der Waals surface area contributed by atoms with Crippen LogP contribution in [0.4, 0.5) is 0 Å². The van der Waals surface area contributed by atoms with Crippen molar-refractivity contribution in [1.82, 2.24) is 4.90 Å². The molecule has 0 unspecified atom stereocenters. The minimum atomic E-state index is -0.818. The maximum Gasteiger partial charge on any atom is 0.303 e. The lowest BCUT2D eigenvalue weighted by atomic mass is 10.1. The fourth-order valence-corrected chi connectivity index (χ4v) is 2.05. The highest BCUT2D eigenvalue weighted by Crippen LogP contribution is 2.18. The molecule has 1 fully saturated rings. The average molecular weight is 229 g/mol. The van der Waals surface area contributed by atoms with Crippen LogP contribution in [0.25, 0.3) is 0 Å². The molecule has 1 aliphatic heterocycles. The lowest BCUT2D eigenvalue weighted by Gasteiger charge is -2.22. The van der Waals surface area contributed by atoms with Gasteiger partial charge in [0.15, 0.2) is 0 Å². The summed E-state index contributed by atoms with van der Waals surface area (Å²) in [5.41, 5.74) is 0. The molecule has 0 aromatic carbocycles. The molecule has 1 amide bonds. The first-order valence-corrected chi connectivity index (χ1v) is 5.77. The summed E-state index contributed by atoms with van der Waals surface area (Å²) < 4.78 is 0. The standard InChI is InChI=1S/C11H19NO4/c13-8-9-4-3-7-12(9)10(14)5-1-2-6-11(15)16/h9,13H,1-8H2,(H,15,16)/t9-/m0/s1. The van der Waals surface area contributed by atoms with E-state index in [2.05, 4.69) is 0 Å². The fraction of sp³-hybridized carbons (Fsp3) is 0.818. The van der Waals surface area contributed by atoms with E-state index in [9.17, 15) is 9.59 Å². The van der Waals surface area contributed by atoms with Crippen LogP contribution in [0.5, 0.6) is 0 Å². The Morgan fingerprint density at radius 3 is 2.56 bits per heavy atom. The molecule has 0 aliphatic carbocycles. The highest BCUT2D eigenvalue weighted by molar-refractivity contribution is 5.76. The van der Waals surface area contributed by atoms with Crippen LogP contribution in [-0.2, 0) is 9.59 Å². The van der Waals surface area contributed by atoms with Gasteiger partial charge in [0.05, 0.1) is 12.6 Å². The van der Waals surface area contributed by atoms with E-state index >= 15 is 0 Å². The number of amides is 1. The SMILES string of the molecule is O=C(O)CCCCC(=O)N1CCC[C@H]1CO. The molecule has 1 aliphatic rings. The van der Waals surface area contributed by atoms with Gasteiger partial charge in [-0.3, -0.25) is 9.59 Å². The summed E-state index contributed by atoms with van der Waals surface area (Å²) in [5.74, 6) is -0.774. The number of carboxylic acids is 1. The first-order chi connectivity index (χ1) is 7.65. The number of aliphatic carboxylic acids is 1. The Kier molecular flexibility index (Phi) is 5.25. The molecule has 1 atom stereocenters. The summed E-state index contributed by atoms with van der Waals surface area (Å²) in [6, 6.07) is -0.0213. The molecule has 5 nitrogen and oxygen atoms in total. The zero-order chi connectivity index (χ0) is 12.0. The van der Waals surface area contributed by atoms with E-state index < -0.39 is 5.97 Å². The van der Waals surface area contributed by atoms with Crippen molar-refractivity contribution < 1.29 is 19.8 Å². The highest BCUT2D eigenvalue weighted by atomic mass is 16.4. The summed E-state index contributed by atoms with van der Waals surface area (Å²) in [5, 5.41) is 17.5. The molecular weight excluding hydrogens is 210 g/mol. The van der Waals surface area contributed by atoms with E-state index in [4.69, 9.17) is 10.2 Å². The number of rotatable bonds is 6. The van der Waals surface area contributed by atoms with Gasteiger partial charge in [0.2, 0.25) is 5.91 Å². The van der Waals surface area contributed by atoms with Crippen molar-refractivity contribution in [3.8, 4) is 0 Å². The van der Waals surface area contributed by atoms with Crippen LogP contribution in [0.1, 0.15) is 38.5 Å². The van der Waals surface area contributed by atoms with Crippen molar-refractivity contribution >= 4 is 11.9 Å². The molecule has 92 valence electrons. The number of aliphatic hydroxyl groups excluding tert-OH is 1. The summed E-state index contributed by atoms with van der Waals surface area (Å²) in [4.78, 5) is 23.7. The third-order valence-electron chi connectivity index (χ3n) is 2.94. The minimum Gasteiger partial charge on any atom is -0.481 e. The zero-order valence-corrected chi connectivity index (χ0v) is 9.39. The number of hydrogen-bond donors (Lipinski definition) is 2. The van der Waals surface area contributed by atoms with Gasteiger partial charge in [-0.1, -0.05) is 0 Å². The monoisotopic (exact) mass is 229 g/mol. The van der Waals surface area contributed by atoms with Gasteiger partial charge in [0.1, 0.15) is 0 Å². The van der Waals surface area contributed by atoms with Gasteiger partial charge in [-0.05, 0) is 25.7 Å². The summed E-state index contributed by atoms with van der Waals surface area (Å²) >= 11 is 0. The lowest BCUT2D eigenvalue weighted by Crippen LogP contribution is -2.37. The fourth-order valence-electron chi connectivity index (χ4n) is 2.05. The molecule has 0 aromatic rings. The van der Waals surface area contributed by atoms with Gasteiger partial charge in [0.25, 0.3) is 0 Å². The number of unbranched alkanes of at least 4 members (excludes halogenated alkanes) is 1. The van der Waals surface area contributed by atoms with Gasteiger partial charge in [-0.2, -0.15) is 0 Å². The smallest absolute Gasteiger partial charge is 0.303 e. The van der Waals surface area contributed by atoms with Gasteiger partial charge >= 0.3 is 5.97 Å². The Morgan fingerprint density at radius 1 is 1.25 bits per heavy atom.